The first kappa shape index (κ1) is 45.4. The second kappa shape index (κ2) is 21.7. The Morgan fingerprint density at radius 2 is 0.577 bits per heavy atom. The van der Waals surface area contributed by atoms with E-state index in [0.717, 1.165) is 90.4 Å². The first-order chi connectivity index (χ1) is 35.1. The average molecular weight is 915 g/mol. The fraction of sp³-hybridized carbons (Fsp3) is 0.0149. The molecule has 10 rings (SSSR count). The quantitative estimate of drug-likeness (QED) is 0.0975. The molecule has 0 atom stereocenters. The van der Waals surface area contributed by atoms with Gasteiger partial charge in [0.15, 0.2) is 0 Å². The van der Waals surface area contributed by atoms with Crippen LogP contribution in [0.4, 0.5) is 56.9 Å². The van der Waals surface area contributed by atoms with Gasteiger partial charge in [-0.05, 0) is 168 Å². The smallest absolute Gasteiger partial charge is 0.0462 e. The van der Waals surface area contributed by atoms with E-state index in [2.05, 4.69) is 281 Å². The van der Waals surface area contributed by atoms with Gasteiger partial charge in [0.25, 0.3) is 0 Å². The second-order valence-electron chi connectivity index (χ2n) is 17.2. The summed E-state index contributed by atoms with van der Waals surface area (Å²) in [7, 11) is 0. The van der Waals surface area contributed by atoms with E-state index in [9.17, 15) is 0 Å². The normalized spacial score (nSPS) is 11.1. The maximum Gasteiger partial charge on any atom is 0.0462 e. The van der Waals surface area contributed by atoms with Crippen molar-refractivity contribution in [1.82, 2.24) is 0 Å². The molecule has 0 saturated carbocycles. The number of para-hydroxylation sites is 4. The second-order valence-corrected chi connectivity index (χ2v) is 17.2. The number of rotatable bonds is 16. The highest BCUT2D eigenvalue weighted by Crippen LogP contribution is 2.39. The molecular weight excluding hydrogens is 861 g/mol. The number of anilines is 10. The summed E-state index contributed by atoms with van der Waals surface area (Å²) in [5.74, 6) is 0. The standard InChI is InChI=1S/C67H54N4/c1-3-4-9-18-51(2)69(63-41-29-54(30-42-63)56-35-45-65(46-36-56)70(60-21-12-6-13-22-60)61-23-14-7-15-24-61)64-43-31-55(32-44-64)57-37-49-67(50-38-57)71(62-25-16-8-17-26-62)66-47-33-53(34-48-66)52-27-39-59(40-28-52)68-58-19-10-5-11-20-58/h3-50,68H,2H2,1H3/b4-3-,18-9-. The Labute approximate surface area is 418 Å². The van der Waals surface area contributed by atoms with Gasteiger partial charge < -0.3 is 20.0 Å². The van der Waals surface area contributed by atoms with Gasteiger partial charge in [-0.3, -0.25) is 0 Å². The third kappa shape index (κ3) is 10.7. The molecule has 0 spiro atoms. The van der Waals surface area contributed by atoms with Crippen molar-refractivity contribution in [3.8, 4) is 33.4 Å². The molecule has 10 aromatic carbocycles. The van der Waals surface area contributed by atoms with Crippen LogP contribution in [0.1, 0.15) is 6.92 Å². The van der Waals surface area contributed by atoms with Crippen molar-refractivity contribution in [3.63, 3.8) is 0 Å². The topological polar surface area (TPSA) is 21.8 Å². The minimum atomic E-state index is 0.863. The summed E-state index contributed by atoms with van der Waals surface area (Å²) in [6.07, 6.45) is 8.14. The molecule has 1 N–H and O–H groups in total. The van der Waals surface area contributed by atoms with Crippen molar-refractivity contribution in [1.29, 1.82) is 0 Å². The lowest BCUT2D eigenvalue weighted by Crippen LogP contribution is -2.14. The summed E-state index contributed by atoms with van der Waals surface area (Å²) in [4.78, 5) is 6.80. The Balaban J connectivity index is 0.870. The highest BCUT2D eigenvalue weighted by molar-refractivity contribution is 5.82. The summed E-state index contributed by atoms with van der Waals surface area (Å²) >= 11 is 0. The molecule has 0 amide bonds. The van der Waals surface area contributed by atoms with Gasteiger partial charge in [-0.1, -0.05) is 170 Å². The number of nitrogens with zero attached hydrogens (tertiary/aromatic N) is 3. The van der Waals surface area contributed by atoms with Crippen molar-refractivity contribution in [3.05, 3.63) is 304 Å². The van der Waals surface area contributed by atoms with E-state index in [1.54, 1.807) is 0 Å². The number of benzene rings is 10. The van der Waals surface area contributed by atoms with Crippen LogP contribution in [0.15, 0.2) is 304 Å². The number of nitrogens with one attached hydrogen (secondary N) is 1. The highest BCUT2D eigenvalue weighted by Gasteiger charge is 2.16. The molecule has 0 saturated heterocycles. The first-order valence-electron chi connectivity index (χ1n) is 24.1. The third-order valence-corrected chi connectivity index (χ3v) is 12.5. The first-order valence-corrected chi connectivity index (χ1v) is 24.1. The van der Waals surface area contributed by atoms with Crippen LogP contribution in [0.5, 0.6) is 0 Å². The molecule has 10 aromatic rings. The number of hydrogen-bond donors (Lipinski definition) is 1. The summed E-state index contributed by atoms with van der Waals surface area (Å²) in [6, 6.07) is 94.4. The van der Waals surface area contributed by atoms with E-state index < -0.39 is 0 Å². The molecule has 4 heteroatoms. The minimum absolute atomic E-state index is 0.863. The van der Waals surface area contributed by atoms with Gasteiger partial charge in [0.2, 0.25) is 0 Å². The predicted molar refractivity (Wildman–Crippen MR) is 304 cm³/mol. The molecule has 0 bridgehead atoms. The number of hydrogen-bond acceptors (Lipinski definition) is 4. The zero-order chi connectivity index (χ0) is 48.2. The molecule has 0 radical (unpaired) electrons. The van der Waals surface area contributed by atoms with Gasteiger partial charge in [-0.15, -0.1) is 0 Å². The van der Waals surface area contributed by atoms with Crippen LogP contribution in [0.3, 0.4) is 0 Å². The van der Waals surface area contributed by atoms with E-state index in [1.807, 2.05) is 43.4 Å². The molecule has 4 nitrogen and oxygen atoms in total. The van der Waals surface area contributed by atoms with Crippen LogP contribution in [-0.2, 0) is 0 Å². The molecule has 0 aliphatic heterocycles. The molecule has 0 aliphatic rings. The third-order valence-electron chi connectivity index (χ3n) is 12.5. The molecule has 0 aromatic heterocycles. The molecular formula is C67H54N4. The van der Waals surface area contributed by atoms with Crippen LogP contribution in [0, 0.1) is 0 Å². The molecule has 0 unspecified atom stereocenters. The van der Waals surface area contributed by atoms with Crippen LogP contribution in [0.25, 0.3) is 33.4 Å². The zero-order valence-corrected chi connectivity index (χ0v) is 39.8. The summed E-state index contributed by atoms with van der Waals surface area (Å²) in [5, 5.41) is 3.48. The Hall–Kier alpha value is -9.38. The Morgan fingerprint density at radius 1 is 0.310 bits per heavy atom. The fourth-order valence-corrected chi connectivity index (χ4v) is 8.91. The predicted octanol–water partition coefficient (Wildman–Crippen LogP) is 19.2. The van der Waals surface area contributed by atoms with Gasteiger partial charge in [0.1, 0.15) is 0 Å². The average Bonchev–Trinajstić information content (AvgIpc) is 3.44. The lowest BCUT2D eigenvalue weighted by atomic mass is 10.0. The monoisotopic (exact) mass is 914 g/mol. The summed E-state index contributed by atoms with van der Waals surface area (Å²) in [5.41, 5.74) is 18.5. The van der Waals surface area contributed by atoms with Gasteiger partial charge >= 0.3 is 0 Å². The molecule has 71 heavy (non-hydrogen) atoms. The van der Waals surface area contributed by atoms with E-state index in [-0.39, 0.29) is 0 Å². The lowest BCUT2D eigenvalue weighted by Gasteiger charge is -2.27. The summed E-state index contributed by atoms with van der Waals surface area (Å²) < 4.78 is 0. The van der Waals surface area contributed by atoms with Crippen LogP contribution in [-0.4, -0.2) is 0 Å². The molecule has 0 aliphatic carbocycles. The fourth-order valence-electron chi connectivity index (χ4n) is 8.91. The van der Waals surface area contributed by atoms with E-state index in [1.165, 1.54) is 5.56 Å². The van der Waals surface area contributed by atoms with Gasteiger partial charge in [-0.2, -0.15) is 0 Å². The largest absolute Gasteiger partial charge is 0.356 e. The van der Waals surface area contributed by atoms with Crippen LogP contribution < -0.4 is 20.0 Å². The number of allylic oxidation sites excluding steroid dienone is 4. The van der Waals surface area contributed by atoms with Gasteiger partial charge in [0, 0.05) is 62.6 Å². The maximum absolute atomic E-state index is 4.52. The van der Waals surface area contributed by atoms with Crippen LogP contribution in [0.2, 0.25) is 0 Å². The van der Waals surface area contributed by atoms with E-state index in [4.69, 9.17) is 0 Å². The van der Waals surface area contributed by atoms with Gasteiger partial charge in [0.05, 0.1) is 0 Å². The Kier molecular flexibility index (Phi) is 13.9. The summed E-state index contributed by atoms with van der Waals surface area (Å²) in [6.45, 7) is 6.54. The van der Waals surface area contributed by atoms with Crippen molar-refractivity contribution < 1.29 is 0 Å². The maximum atomic E-state index is 4.52. The van der Waals surface area contributed by atoms with Crippen molar-refractivity contribution in [2.75, 3.05) is 20.0 Å². The van der Waals surface area contributed by atoms with Crippen molar-refractivity contribution >= 4 is 56.9 Å². The molecule has 0 fully saturated rings. The Bertz CT molecular complexity index is 3290. The molecule has 0 heterocycles. The zero-order valence-electron chi connectivity index (χ0n) is 39.8. The Morgan fingerprint density at radius 3 is 0.901 bits per heavy atom. The van der Waals surface area contributed by atoms with E-state index in [0.29, 0.717) is 0 Å². The van der Waals surface area contributed by atoms with Crippen molar-refractivity contribution in [2.24, 2.45) is 0 Å². The van der Waals surface area contributed by atoms with E-state index >= 15 is 0 Å². The SMILES string of the molecule is C=C(/C=C\C=C/C)N(c1ccc(-c2ccc(N(c3ccccc3)c3ccccc3)cc2)cc1)c1ccc(-c2ccc(N(c3ccccc3)c3ccc(-c4ccc(Nc5ccccc5)cc4)cc3)cc2)cc1. The minimum Gasteiger partial charge on any atom is -0.356 e. The lowest BCUT2D eigenvalue weighted by molar-refractivity contribution is 1.22. The van der Waals surface area contributed by atoms with Crippen LogP contribution >= 0.6 is 0 Å². The van der Waals surface area contributed by atoms with Gasteiger partial charge in [-0.25, -0.2) is 0 Å². The molecule has 342 valence electrons. The van der Waals surface area contributed by atoms with Crippen molar-refractivity contribution in [2.45, 2.75) is 6.92 Å². The highest BCUT2D eigenvalue weighted by atomic mass is 15.2.